The molecule has 0 aliphatic carbocycles. The van der Waals surface area contributed by atoms with Gasteiger partial charge < -0.3 is 15.3 Å². The van der Waals surface area contributed by atoms with Crippen molar-refractivity contribution in [3.63, 3.8) is 0 Å². The first-order valence-corrected chi connectivity index (χ1v) is 12.2. The molecule has 3 heterocycles. The van der Waals surface area contributed by atoms with E-state index in [0.717, 1.165) is 10.8 Å². The van der Waals surface area contributed by atoms with Crippen LogP contribution in [0.2, 0.25) is 0 Å². The number of H-pyrrole nitrogens is 2. The molecule has 6 rings (SSSR count). The SMILES string of the molecule is O=C(NCC(C(=O)Nc1ncc[nH]1)c1cccc(F)c1)c1ccc2nc(-c3cc4ccccc4cn3)[nH]c2c1. The van der Waals surface area contributed by atoms with Crippen molar-refractivity contribution in [3.8, 4) is 11.5 Å². The molecule has 3 aromatic heterocycles. The van der Waals surface area contributed by atoms with E-state index in [9.17, 15) is 14.0 Å². The summed E-state index contributed by atoms with van der Waals surface area (Å²) in [6.45, 7) is -0.0535. The molecule has 1 atom stereocenters. The highest BCUT2D eigenvalue weighted by Gasteiger charge is 2.23. The molecule has 39 heavy (non-hydrogen) atoms. The fourth-order valence-corrected chi connectivity index (χ4v) is 4.40. The molecule has 192 valence electrons. The maximum Gasteiger partial charge on any atom is 0.251 e. The molecule has 0 aliphatic rings. The van der Waals surface area contributed by atoms with Gasteiger partial charge in [0.1, 0.15) is 11.5 Å². The van der Waals surface area contributed by atoms with Gasteiger partial charge in [-0.05, 0) is 47.3 Å². The van der Waals surface area contributed by atoms with E-state index in [1.165, 1.54) is 24.4 Å². The summed E-state index contributed by atoms with van der Waals surface area (Å²) in [5, 5.41) is 7.54. The Morgan fingerprint density at radius 2 is 1.82 bits per heavy atom. The first-order valence-electron chi connectivity index (χ1n) is 12.2. The summed E-state index contributed by atoms with van der Waals surface area (Å²) in [6.07, 6.45) is 4.87. The third kappa shape index (κ3) is 5.08. The minimum atomic E-state index is -0.851. The number of rotatable bonds is 7. The second kappa shape index (κ2) is 10.2. The van der Waals surface area contributed by atoms with Gasteiger partial charge in [-0.15, -0.1) is 0 Å². The molecular weight excluding hydrogens is 497 g/mol. The summed E-state index contributed by atoms with van der Waals surface area (Å²) in [7, 11) is 0. The van der Waals surface area contributed by atoms with Crippen molar-refractivity contribution >= 4 is 39.6 Å². The number of imidazole rings is 2. The zero-order valence-electron chi connectivity index (χ0n) is 20.5. The van der Waals surface area contributed by atoms with Crippen LogP contribution in [0.5, 0.6) is 0 Å². The third-order valence-corrected chi connectivity index (χ3v) is 6.39. The normalized spacial score (nSPS) is 11.9. The Hall–Kier alpha value is -5.38. The highest BCUT2D eigenvalue weighted by Crippen LogP contribution is 2.24. The van der Waals surface area contributed by atoms with Crippen molar-refractivity contribution in [2.75, 3.05) is 11.9 Å². The summed E-state index contributed by atoms with van der Waals surface area (Å²) in [6, 6.07) is 20.7. The Kier molecular flexibility index (Phi) is 6.26. The van der Waals surface area contributed by atoms with E-state index in [2.05, 4.69) is 35.6 Å². The lowest BCUT2D eigenvalue weighted by atomic mass is 9.97. The van der Waals surface area contributed by atoms with Gasteiger partial charge in [-0.3, -0.25) is 19.9 Å². The molecule has 3 aromatic carbocycles. The van der Waals surface area contributed by atoms with E-state index >= 15 is 0 Å². The number of carbonyl (C=O) groups is 2. The standard InChI is InChI=1S/C29H22FN7O2/c30-21-7-3-6-18(12-21)22(28(39)37-29-31-10-11-32-29)16-34-27(38)19-8-9-23-24(14-19)36-26(35-23)25-13-17-4-1-2-5-20(17)15-33-25/h1-15,22H,16H2,(H,34,38)(H,35,36)(H2,31,32,37,39). The van der Waals surface area contributed by atoms with Gasteiger partial charge in [0.2, 0.25) is 11.9 Å². The second-order valence-corrected chi connectivity index (χ2v) is 8.98. The average Bonchev–Trinajstić information content (AvgIpc) is 3.62. The van der Waals surface area contributed by atoms with Crippen LogP contribution in [0.4, 0.5) is 10.3 Å². The van der Waals surface area contributed by atoms with Crippen LogP contribution in [-0.2, 0) is 4.79 Å². The quantitative estimate of drug-likeness (QED) is 0.241. The predicted octanol–water partition coefficient (Wildman–Crippen LogP) is 4.79. The zero-order chi connectivity index (χ0) is 26.8. The second-order valence-electron chi connectivity index (χ2n) is 8.98. The number of anilines is 1. The zero-order valence-corrected chi connectivity index (χ0v) is 20.5. The lowest BCUT2D eigenvalue weighted by molar-refractivity contribution is -0.117. The van der Waals surface area contributed by atoms with Crippen LogP contribution in [0.25, 0.3) is 33.3 Å². The van der Waals surface area contributed by atoms with E-state index in [4.69, 9.17) is 0 Å². The van der Waals surface area contributed by atoms with Crippen LogP contribution in [0.1, 0.15) is 21.8 Å². The molecule has 0 fully saturated rings. The Labute approximate surface area is 221 Å². The molecule has 0 saturated carbocycles. The van der Waals surface area contributed by atoms with Gasteiger partial charge in [-0.1, -0.05) is 36.4 Å². The summed E-state index contributed by atoms with van der Waals surface area (Å²) in [5.74, 6) is -1.30. The number of fused-ring (bicyclic) bond motifs is 2. The maximum absolute atomic E-state index is 13.9. The van der Waals surface area contributed by atoms with Crippen LogP contribution in [-0.4, -0.2) is 43.3 Å². The van der Waals surface area contributed by atoms with Crippen molar-refractivity contribution in [1.82, 2.24) is 30.2 Å². The Balaban J connectivity index is 1.21. The molecule has 10 heteroatoms. The fraction of sp³-hybridized carbons (Fsp3) is 0.0690. The van der Waals surface area contributed by atoms with Crippen LogP contribution in [0.3, 0.4) is 0 Å². The molecular formula is C29H22FN7O2. The fourth-order valence-electron chi connectivity index (χ4n) is 4.40. The number of benzene rings is 3. The van der Waals surface area contributed by atoms with Crippen molar-refractivity contribution in [2.45, 2.75) is 5.92 Å². The van der Waals surface area contributed by atoms with E-state index in [1.54, 1.807) is 36.7 Å². The minimum Gasteiger partial charge on any atom is -0.351 e. The number of halogens is 1. The lowest BCUT2D eigenvalue weighted by Crippen LogP contribution is -2.34. The predicted molar refractivity (Wildman–Crippen MR) is 146 cm³/mol. The summed E-state index contributed by atoms with van der Waals surface area (Å²) < 4.78 is 13.9. The number of hydrogen-bond donors (Lipinski definition) is 4. The molecule has 4 N–H and O–H groups in total. The molecule has 2 amide bonds. The highest BCUT2D eigenvalue weighted by atomic mass is 19.1. The van der Waals surface area contributed by atoms with Gasteiger partial charge >= 0.3 is 0 Å². The molecule has 0 spiro atoms. The maximum atomic E-state index is 13.9. The first-order chi connectivity index (χ1) is 19.0. The molecule has 0 bridgehead atoms. The largest absolute Gasteiger partial charge is 0.351 e. The van der Waals surface area contributed by atoms with Crippen molar-refractivity contribution in [2.24, 2.45) is 0 Å². The molecule has 0 radical (unpaired) electrons. The topological polar surface area (TPSA) is 128 Å². The van der Waals surface area contributed by atoms with Gasteiger partial charge in [0, 0.05) is 36.1 Å². The molecule has 9 nitrogen and oxygen atoms in total. The Morgan fingerprint density at radius 1 is 0.949 bits per heavy atom. The summed E-state index contributed by atoms with van der Waals surface area (Å²) in [4.78, 5) is 45.2. The smallest absolute Gasteiger partial charge is 0.251 e. The van der Waals surface area contributed by atoms with Crippen LogP contribution < -0.4 is 10.6 Å². The Bertz CT molecular complexity index is 1810. The van der Waals surface area contributed by atoms with E-state index in [-0.39, 0.29) is 18.4 Å². The van der Waals surface area contributed by atoms with Gasteiger partial charge in [0.25, 0.3) is 5.91 Å². The number of nitrogens with one attached hydrogen (secondary N) is 4. The Morgan fingerprint density at radius 3 is 2.64 bits per heavy atom. The number of aromatic amines is 2. The highest BCUT2D eigenvalue weighted by molar-refractivity contribution is 5.99. The molecule has 0 aliphatic heterocycles. The van der Waals surface area contributed by atoms with Crippen LogP contribution >= 0.6 is 0 Å². The number of nitrogens with zero attached hydrogens (tertiary/aromatic N) is 3. The molecule has 6 aromatic rings. The van der Waals surface area contributed by atoms with Crippen molar-refractivity contribution in [1.29, 1.82) is 0 Å². The first kappa shape index (κ1) is 24.0. The minimum absolute atomic E-state index is 0.0535. The monoisotopic (exact) mass is 519 g/mol. The van der Waals surface area contributed by atoms with E-state index < -0.39 is 17.6 Å². The lowest BCUT2D eigenvalue weighted by Gasteiger charge is -2.17. The van der Waals surface area contributed by atoms with E-state index in [0.29, 0.717) is 33.7 Å². The number of amides is 2. The third-order valence-electron chi connectivity index (χ3n) is 6.39. The van der Waals surface area contributed by atoms with E-state index in [1.807, 2.05) is 30.3 Å². The summed E-state index contributed by atoms with van der Waals surface area (Å²) in [5.41, 5.74) is 2.86. The molecule has 0 saturated heterocycles. The average molecular weight is 520 g/mol. The van der Waals surface area contributed by atoms with Crippen molar-refractivity contribution in [3.05, 3.63) is 108 Å². The number of hydrogen-bond acceptors (Lipinski definition) is 5. The number of pyridine rings is 1. The van der Waals surface area contributed by atoms with Crippen LogP contribution in [0.15, 0.2) is 91.4 Å². The van der Waals surface area contributed by atoms with Gasteiger partial charge in [0.15, 0.2) is 5.82 Å². The van der Waals surface area contributed by atoms with Crippen molar-refractivity contribution < 1.29 is 14.0 Å². The van der Waals surface area contributed by atoms with Gasteiger partial charge in [-0.2, -0.15) is 0 Å². The number of aromatic nitrogens is 5. The van der Waals surface area contributed by atoms with Gasteiger partial charge in [0.05, 0.1) is 17.0 Å². The number of carbonyl (C=O) groups excluding carboxylic acids is 2. The van der Waals surface area contributed by atoms with Crippen LogP contribution in [0, 0.1) is 5.82 Å². The molecule has 1 unspecified atom stereocenters. The van der Waals surface area contributed by atoms with Gasteiger partial charge in [-0.25, -0.2) is 14.4 Å². The summed E-state index contributed by atoms with van der Waals surface area (Å²) >= 11 is 0.